The summed E-state index contributed by atoms with van der Waals surface area (Å²) in [5.41, 5.74) is 5.77. The fraction of sp³-hybridized carbons (Fsp3) is 0.500. The maximum Gasteiger partial charge on any atom is 0.151 e. The van der Waals surface area contributed by atoms with Gasteiger partial charge in [0.05, 0.1) is 11.4 Å². The van der Waals surface area contributed by atoms with Crippen molar-refractivity contribution in [3.63, 3.8) is 0 Å². The second-order valence-electron chi connectivity index (χ2n) is 4.35. The van der Waals surface area contributed by atoms with Gasteiger partial charge in [0.25, 0.3) is 0 Å². The van der Waals surface area contributed by atoms with Crippen LogP contribution < -0.4 is 11.1 Å². The van der Waals surface area contributed by atoms with Crippen molar-refractivity contribution in [2.45, 2.75) is 19.9 Å². The van der Waals surface area contributed by atoms with Crippen molar-refractivity contribution in [3.8, 4) is 0 Å². The Bertz CT molecular complexity index is 380. The van der Waals surface area contributed by atoms with E-state index in [-0.39, 0.29) is 5.69 Å². The Labute approximate surface area is 101 Å². The number of halogens is 2. The molecule has 96 valence electrons. The predicted octanol–water partition coefficient (Wildman–Crippen LogP) is 2.30. The zero-order valence-corrected chi connectivity index (χ0v) is 10.4. The highest BCUT2D eigenvalue weighted by atomic mass is 19.1. The molecule has 5 heteroatoms. The van der Waals surface area contributed by atoms with Crippen LogP contribution in [0.4, 0.5) is 20.2 Å². The van der Waals surface area contributed by atoms with E-state index in [1.165, 1.54) is 6.07 Å². The zero-order chi connectivity index (χ0) is 13.0. The number of nitrogens with zero attached hydrogens (tertiary/aromatic N) is 1. The molecule has 0 unspecified atom stereocenters. The van der Waals surface area contributed by atoms with Gasteiger partial charge >= 0.3 is 0 Å². The molecule has 3 nitrogen and oxygen atoms in total. The van der Waals surface area contributed by atoms with Crippen molar-refractivity contribution < 1.29 is 8.78 Å². The Morgan fingerprint density at radius 3 is 2.59 bits per heavy atom. The van der Waals surface area contributed by atoms with Crippen LogP contribution in [0.2, 0.25) is 0 Å². The number of hydrogen-bond acceptors (Lipinski definition) is 3. The monoisotopic (exact) mass is 243 g/mol. The maximum atomic E-state index is 13.1. The summed E-state index contributed by atoms with van der Waals surface area (Å²) in [6, 6.07) is 2.41. The van der Waals surface area contributed by atoms with Crippen LogP contribution >= 0.6 is 0 Å². The van der Waals surface area contributed by atoms with Gasteiger partial charge in [-0.1, -0.05) is 0 Å². The maximum absolute atomic E-state index is 13.1. The molecule has 0 aliphatic heterocycles. The molecule has 0 spiro atoms. The zero-order valence-electron chi connectivity index (χ0n) is 10.4. The molecule has 0 amide bonds. The van der Waals surface area contributed by atoms with E-state index in [0.717, 1.165) is 12.6 Å². The van der Waals surface area contributed by atoms with Gasteiger partial charge in [-0.3, -0.25) is 0 Å². The third kappa shape index (κ3) is 3.85. The van der Waals surface area contributed by atoms with Crippen molar-refractivity contribution in [1.82, 2.24) is 4.90 Å². The fourth-order valence-electron chi connectivity index (χ4n) is 1.36. The number of nitrogens with one attached hydrogen (secondary N) is 1. The lowest BCUT2D eigenvalue weighted by Gasteiger charge is -2.21. The molecule has 0 aromatic heterocycles. The normalized spacial score (nSPS) is 11.2. The van der Waals surface area contributed by atoms with Crippen LogP contribution in [0.1, 0.15) is 13.8 Å². The second kappa shape index (κ2) is 5.82. The molecule has 1 aromatic carbocycles. The Hall–Kier alpha value is -1.36. The van der Waals surface area contributed by atoms with Crippen LogP contribution in [0.5, 0.6) is 0 Å². The first kappa shape index (κ1) is 13.7. The molecule has 0 aliphatic carbocycles. The van der Waals surface area contributed by atoms with Gasteiger partial charge in [0.15, 0.2) is 5.82 Å². The molecule has 0 atom stereocenters. The summed E-state index contributed by atoms with van der Waals surface area (Å²) in [5.74, 6) is -1.36. The number of nitrogen functional groups attached to an aromatic ring is 1. The van der Waals surface area contributed by atoms with Crippen molar-refractivity contribution in [3.05, 3.63) is 23.8 Å². The number of benzene rings is 1. The molecule has 0 bridgehead atoms. The fourth-order valence-corrected chi connectivity index (χ4v) is 1.36. The summed E-state index contributed by atoms with van der Waals surface area (Å²) >= 11 is 0. The number of nitrogens with two attached hydrogens (primary N) is 1. The highest BCUT2D eigenvalue weighted by molar-refractivity contribution is 5.66. The smallest absolute Gasteiger partial charge is 0.151 e. The van der Waals surface area contributed by atoms with E-state index in [1.807, 2.05) is 7.05 Å². The third-order valence-electron chi connectivity index (χ3n) is 2.76. The van der Waals surface area contributed by atoms with Gasteiger partial charge in [0.2, 0.25) is 0 Å². The first-order chi connectivity index (χ1) is 7.91. The third-order valence-corrected chi connectivity index (χ3v) is 2.76. The largest absolute Gasteiger partial charge is 0.395 e. The van der Waals surface area contributed by atoms with E-state index in [9.17, 15) is 8.78 Å². The van der Waals surface area contributed by atoms with Crippen LogP contribution in [-0.2, 0) is 0 Å². The van der Waals surface area contributed by atoms with Crippen molar-refractivity contribution >= 4 is 11.4 Å². The Kier molecular flexibility index (Phi) is 4.69. The van der Waals surface area contributed by atoms with E-state index < -0.39 is 11.6 Å². The minimum absolute atomic E-state index is 0.0430. The van der Waals surface area contributed by atoms with Crippen molar-refractivity contribution in [1.29, 1.82) is 0 Å². The van der Waals surface area contributed by atoms with E-state index in [1.54, 1.807) is 0 Å². The quantitative estimate of drug-likeness (QED) is 0.780. The molecule has 3 N–H and O–H groups in total. The average molecular weight is 243 g/mol. The molecule has 0 radical (unpaired) electrons. The molecule has 0 heterocycles. The van der Waals surface area contributed by atoms with Gasteiger partial charge < -0.3 is 16.0 Å². The summed E-state index contributed by atoms with van der Waals surface area (Å²) in [4.78, 5) is 2.12. The minimum atomic E-state index is -0.732. The summed E-state index contributed by atoms with van der Waals surface area (Å²) in [6.45, 7) is 5.52. The Morgan fingerprint density at radius 1 is 1.35 bits per heavy atom. The Balaban J connectivity index is 2.58. The SMILES string of the molecule is CC(C)N(C)CCNc1cc(F)cc(F)c1N. The summed E-state index contributed by atoms with van der Waals surface area (Å²) < 4.78 is 26.1. The average Bonchev–Trinajstić information content (AvgIpc) is 2.24. The number of anilines is 2. The highest BCUT2D eigenvalue weighted by Crippen LogP contribution is 2.22. The summed E-state index contributed by atoms with van der Waals surface area (Å²) in [5, 5.41) is 2.93. The number of likely N-dealkylation sites (N-methyl/N-ethyl adjacent to an activating group) is 1. The molecule has 0 aliphatic rings. The minimum Gasteiger partial charge on any atom is -0.395 e. The lowest BCUT2D eigenvalue weighted by molar-refractivity contribution is 0.284. The molecule has 0 fully saturated rings. The first-order valence-corrected chi connectivity index (χ1v) is 5.60. The van der Waals surface area contributed by atoms with Gasteiger partial charge in [0, 0.05) is 25.2 Å². The van der Waals surface area contributed by atoms with Crippen LogP contribution in [0.3, 0.4) is 0 Å². The number of hydrogen-bond donors (Lipinski definition) is 2. The van der Waals surface area contributed by atoms with Gasteiger partial charge in [-0.25, -0.2) is 8.78 Å². The molecule has 0 saturated carbocycles. The van der Waals surface area contributed by atoms with E-state index in [2.05, 4.69) is 24.1 Å². The molecular formula is C12H19F2N3. The second-order valence-corrected chi connectivity index (χ2v) is 4.35. The Morgan fingerprint density at radius 2 is 2.00 bits per heavy atom. The van der Waals surface area contributed by atoms with Gasteiger partial charge in [-0.15, -0.1) is 0 Å². The van der Waals surface area contributed by atoms with Crippen molar-refractivity contribution in [2.24, 2.45) is 0 Å². The van der Waals surface area contributed by atoms with Crippen LogP contribution in [0.25, 0.3) is 0 Å². The molecule has 0 saturated heterocycles. The topological polar surface area (TPSA) is 41.3 Å². The molecule has 1 aromatic rings. The van der Waals surface area contributed by atoms with Gasteiger partial charge in [0.1, 0.15) is 5.82 Å². The summed E-state index contributed by atoms with van der Waals surface area (Å²) in [6.07, 6.45) is 0. The summed E-state index contributed by atoms with van der Waals surface area (Å²) in [7, 11) is 1.99. The number of rotatable bonds is 5. The van der Waals surface area contributed by atoms with Crippen molar-refractivity contribution in [2.75, 3.05) is 31.2 Å². The van der Waals surface area contributed by atoms with Gasteiger partial charge in [-0.05, 0) is 27.0 Å². The van der Waals surface area contributed by atoms with Gasteiger partial charge in [-0.2, -0.15) is 0 Å². The van der Waals surface area contributed by atoms with Crippen LogP contribution in [0, 0.1) is 11.6 Å². The van der Waals surface area contributed by atoms with Crippen LogP contribution in [0.15, 0.2) is 12.1 Å². The molecular weight excluding hydrogens is 224 g/mol. The van der Waals surface area contributed by atoms with E-state index in [0.29, 0.717) is 18.3 Å². The van der Waals surface area contributed by atoms with Crippen LogP contribution in [-0.4, -0.2) is 31.1 Å². The standard InChI is InChI=1S/C12H19F2N3/c1-8(2)17(3)5-4-16-11-7-9(13)6-10(14)12(11)15/h6-8,16H,4-5,15H2,1-3H3. The molecule has 17 heavy (non-hydrogen) atoms. The molecule has 1 rings (SSSR count). The lowest BCUT2D eigenvalue weighted by atomic mass is 10.2. The lowest BCUT2D eigenvalue weighted by Crippen LogP contribution is -2.31. The predicted molar refractivity (Wildman–Crippen MR) is 67.0 cm³/mol. The highest BCUT2D eigenvalue weighted by Gasteiger charge is 2.08. The first-order valence-electron chi connectivity index (χ1n) is 5.60. The van der Waals surface area contributed by atoms with E-state index in [4.69, 9.17) is 5.73 Å². The van der Waals surface area contributed by atoms with E-state index >= 15 is 0 Å².